The highest BCUT2D eigenvalue weighted by Crippen LogP contribution is 2.24. The third kappa shape index (κ3) is 5.16. The van der Waals surface area contributed by atoms with Gasteiger partial charge in [-0.15, -0.1) is 0 Å². The van der Waals surface area contributed by atoms with Gasteiger partial charge in [0, 0.05) is 24.2 Å². The van der Waals surface area contributed by atoms with E-state index in [4.69, 9.17) is 21.9 Å². The number of anilines is 2. The van der Waals surface area contributed by atoms with Gasteiger partial charge in [-0.3, -0.25) is 0 Å². The van der Waals surface area contributed by atoms with Crippen molar-refractivity contribution < 1.29 is 4.74 Å². The molecule has 0 saturated carbocycles. The lowest BCUT2D eigenvalue weighted by atomic mass is 10.0. The van der Waals surface area contributed by atoms with Gasteiger partial charge in [-0.05, 0) is 73.9 Å². The van der Waals surface area contributed by atoms with E-state index in [0.717, 1.165) is 34.3 Å². The lowest BCUT2D eigenvalue weighted by Gasteiger charge is -2.13. The number of rotatable bonds is 7. The Labute approximate surface area is 182 Å². The van der Waals surface area contributed by atoms with Gasteiger partial charge >= 0.3 is 0 Å². The highest BCUT2D eigenvalue weighted by atomic mass is 32.1. The van der Waals surface area contributed by atoms with Gasteiger partial charge in [0.2, 0.25) is 0 Å². The Kier molecular flexibility index (Phi) is 7.04. The molecule has 6 nitrogen and oxygen atoms in total. The summed E-state index contributed by atoms with van der Waals surface area (Å²) in [7, 11) is 1.64. The summed E-state index contributed by atoms with van der Waals surface area (Å²) in [4.78, 5) is 4.71. The van der Waals surface area contributed by atoms with E-state index in [1.807, 2.05) is 36.4 Å². The fourth-order valence-corrected chi connectivity index (χ4v) is 3.27. The van der Waals surface area contributed by atoms with Crippen LogP contribution in [0.2, 0.25) is 0 Å². The van der Waals surface area contributed by atoms with Gasteiger partial charge in [0.1, 0.15) is 17.6 Å². The predicted octanol–water partition coefficient (Wildman–Crippen LogP) is 4.52. The maximum absolute atomic E-state index is 9.47. The van der Waals surface area contributed by atoms with Crippen LogP contribution in [0.5, 0.6) is 5.75 Å². The Balaban J connectivity index is 1.51. The van der Waals surface area contributed by atoms with Gasteiger partial charge < -0.3 is 20.7 Å². The van der Waals surface area contributed by atoms with Crippen LogP contribution in [-0.4, -0.2) is 30.3 Å². The zero-order valence-electron chi connectivity index (χ0n) is 17.4. The number of nitriles is 1. The van der Waals surface area contributed by atoms with E-state index in [-0.39, 0.29) is 0 Å². The summed E-state index contributed by atoms with van der Waals surface area (Å²) in [5.41, 5.74) is 4.70. The molecule has 7 heteroatoms. The van der Waals surface area contributed by atoms with E-state index >= 15 is 0 Å². The minimum absolute atomic E-state index is 0.551. The minimum atomic E-state index is 0.551. The van der Waals surface area contributed by atoms with Crippen LogP contribution in [0.3, 0.4) is 0 Å². The molecule has 1 aromatic heterocycles. The Morgan fingerprint density at radius 2 is 1.90 bits per heavy atom. The molecule has 0 aliphatic heterocycles. The monoisotopic (exact) mass is 419 g/mol. The maximum Gasteiger partial charge on any atom is 0.170 e. The van der Waals surface area contributed by atoms with Gasteiger partial charge in [0.05, 0.1) is 18.2 Å². The van der Waals surface area contributed by atoms with Crippen molar-refractivity contribution in [1.29, 1.82) is 5.26 Å². The molecule has 0 fully saturated rings. The molecule has 0 radical (unpaired) electrons. The molecule has 3 N–H and O–H groups in total. The number of nitrogens with one attached hydrogen (secondary N) is 3. The first-order valence-corrected chi connectivity index (χ1v) is 10.2. The summed E-state index contributed by atoms with van der Waals surface area (Å²) in [5.74, 6) is 1.42. The summed E-state index contributed by atoms with van der Waals surface area (Å²) >= 11 is 5.33. The number of hydrogen-bond donors (Lipinski definition) is 3. The van der Waals surface area contributed by atoms with Crippen molar-refractivity contribution in [3.8, 4) is 11.8 Å². The molecule has 154 valence electrons. The SMILES string of the molecule is COc1ccc(NC(=S)NCCCNc2nc3c(C)c(C)ccc3cc2C#N)cc1. The van der Waals surface area contributed by atoms with Gasteiger partial charge in [-0.25, -0.2) is 4.98 Å². The Bertz CT molecular complexity index is 1090. The average Bonchev–Trinajstić information content (AvgIpc) is 2.76. The van der Waals surface area contributed by atoms with E-state index in [2.05, 4.69) is 41.9 Å². The molecule has 0 unspecified atom stereocenters. The largest absolute Gasteiger partial charge is 0.497 e. The van der Waals surface area contributed by atoms with Gasteiger partial charge in [0.25, 0.3) is 0 Å². The second kappa shape index (κ2) is 9.90. The van der Waals surface area contributed by atoms with Crippen LogP contribution in [0.25, 0.3) is 10.9 Å². The first kappa shape index (κ1) is 21.3. The number of aryl methyl sites for hydroxylation is 2. The maximum atomic E-state index is 9.47. The van der Waals surface area contributed by atoms with E-state index in [1.165, 1.54) is 5.56 Å². The molecular weight excluding hydrogens is 394 g/mol. The minimum Gasteiger partial charge on any atom is -0.497 e. The average molecular weight is 420 g/mol. The summed E-state index contributed by atoms with van der Waals surface area (Å²) < 4.78 is 5.15. The fourth-order valence-electron chi connectivity index (χ4n) is 3.05. The Morgan fingerprint density at radius 1 is 1.13 bits per heavy atom. The first-order chi connectivity index (χ1) is 14.5. The van der Waals surface area contributed by atoms with Crippen LogP contribution >= 0.6 is 12.2 Å². The van der Waals surface area contributed by atoms with Crippen LogP contribution in [0.15, 0.2) is 42.5 Å². The molecule has 0 bridgehead atoms. The lowest BCUT2D eigenvalue weighted by molar-refractivity contribution is 0.415. The van der Waals surface area contributed by atoms with Crippen molar-refractivity contribution in [3.63, 3.8) is 0 Å². The number of ether oxygens (including phenoxy) is 1. The summed E-state index contributed by atoms with van der Waals surface area (Å²) in [6.07, 6.45) is 0.821. The number of fused-ring (bicyclic) bond motifs is 1. The van der Waals surface area contributed by atoms with Crippen LogP contribution < -0.4 is 20.7 Å². The van der Waals surface area contributed by atoms with E-state index in [9.17, 15) is 5.26 Å². The van der Waals surface area contributed by atoms with Crippen LogP contribution in [-0.2, 0) is 0 Å². The lowest BCUT2D eigenvalue weighted by Crippen LogP contribution is -2.30. The van der Waals surface area contributed by atoms with Crippen LogP contribution in [0.4, 0.5) is 11.5 Å². The normalized spacial score (nSPS) is 10.3. The number of thiocarbonyl (C=S) groups is 1. The molecule has 0 atom stereocenters. The smallest absolute Gasteiger partial charge is 0.170 e. The fraction of sp³-hybridized carbons (Fsp3) is 0.261. The first-order valence-electron chi connectivity index (χ1n) is 9.75. The summed E-state index contributed by atoms with van der Waals surface area (Å²) in [6, 6.07) is 15.8. The van der Waals surface area contributed by atoms with Crippen molar-refractivity contribution in [3.05, 3.63) is 59.2 Å². The molecule has 0 amide bonds. The van der Waals surface area contributed by atoms with Gasteiger partial charge in [-0.1, -0.05) is 12.1 Å². The van der Waals surface area contributed by atoms with Crippen LogP contribution in [0, 0.1) is 25.2 Å². The number of aromatic nitrogens is 1. The van der Waals surface area contributed by atoms with E-state index < -0.39 is 0 Å². The third-order valence-electron chi connectivity index (χ3n) is 4.91. The summed E-state index contributed by atoms with van der Waals surface area (Å²) in [5, 5.41) is 20.6. The zero-order chi connectivity index (χ0) is 21.5. The molecule has 3 rings (SSSR count). The molecule has 0 saturated heterocycles. The van der Waals surface area contributed by atoms with Crippen molar-refractivity contribution >= 4 is 39.7 Å². The second-order valence-electron chi connectivity index (χ2n) is 6.97. The Morgan fingerprint density at radius 3 is 2.60 bits per heavy atom. The van der Waals surface area contributed by atoms with Crippen LogP contribution in [0.1, 0.15) is 23.1 Å². The molecule has 30 heavy (non-hydrogen) atoms. The number of nitrogens with zero attached hydrogens (tertiary/aromatic N) is 2. The molecule has 1 heterocycles. The zero-order valence-corrected chi connectivity index (χ0v) is 18.2. The van der Waals surface area contributed by atoms with Crippen molar-refractivity contribution in [2.24, 2.45) is 0 Å². The van der Waals surface area contributed by atoms with Gasteiger partial charge in [0.15, 0.2) is 5.11 Å². The highest BCUT2D eigenvalue weighted by molar-refractivity contribution is 7.80. The Hall–Kier alpha value is -3.37. The van der Waals surface area contributed by atoms with E-state index in [1.54, 1.807) is 7.11 Å². The number of methoxy groups -OCH3 is 1. The molecule has 0 aliphatic rings. The number of pyridine rings is 1. The second-order valence-corrected chi connectivity index (χ2v) is 7.37. The third-order valence-corrected chi connectivity index (χ3v) is 5.16. The standard InChI is InChI=1S/C23H25N5OS/c1-15-5-6-17-13-18(14-24)22(28-21(17)16(15)2)25-11-4-12-26-23(30)27-19-7-9-20(29-3)10-8-19/h5-10,13H,4,11-12H2,1-3H3,(H,25,28)(H2,26,27,30). The van der Waals surface area contributed by atoms with Crippen molar-refractivity contribution in [1.82, 2.24) is 10.3 Å². The highest BCUT2D eigenvalue weighted by Gasteiger charge is 2.09. The predicted molar refractivity (Wildman–Crippen MR) is 126 cm³/mol. The molecule has 3 aromatic rings. The molecule has 2 aromatic carbocycles. The topological polar surface area (TPSA) is 82.0 Å². The molecule has 0 spiro atoms. The van der Waals surface area contributed by atoms with Crippen molar-refractivity contribution in [2.45, 2.75) is 20.3 Å². The summed E-state index contributed by atoms with van der Waals surface area (Å²) in [6.45, 7) is 5.50. The molecular formula is C23H25N5OS. The molecule has 0 aliphatic carbocycles. The quantitative estimate of drug-likeness (QED) is 0.384. The van der Waals surface area contributed by atoms with Crippen molar-refractivity contribution in [2.75, 3.05) is 30.8 Å². The van der Waals surface area contributed by atoms with Gasteiger partial charge in [-0.2, -0.15) is 5.26 Å². The number of hydrogen-bond acceptors (Lipinski definition) is 5. The van der Waals surface area contributed by atoms with E-state index in [0.29, 0.717) is 29.6 Å². The number of benzene rings is 2.